The predicted octanol–water partition coefficient (Wildman–Crippen LogP) is 2.15. The van der Waals surface area contributed by atoms with Crippen LogP contribution < -0.4 is 5.32 Å². The smallest absolute Gasteiger partial charge is 0.250 e. The topological polar surface area (TPSA) is 41.6 Å². The van der Waals surface area contributed by atoms with Crippen molar-refractivity contribution in [2.75, 3.05) is 32.5 Å². The molecule has 1 heterocycles. The number of benzene rings is 1. The van der Waals surface area contributed by atoms with Gasteiger partial charge in [0.1, 0.15) is 6.10 Å². The summed E-state index contributed by atoms with van der Waals surface area (Å²) in [5.74, 6) is 0.0195. The minimum atomic E-state index is -0.345. The van der Waals surface area contributed by atoms with E-state index < -0.39 is 0 Å². The van der Waals surface area contributed by atoms with Crippen molar-refractivity contribution in [3.8, 4) is 0 Å². The van der Waals surface area contributed by atoms with E-state index in [1.807, 2.05) is 30.0 Å². The SMILES string of the molecule is CS[C@@H](C)CCNC(=O)[C@H]1CN(Cc2ccccc2)CCO1. The molecule has 22 heavy (non-hydrogen) atoms. The molecule has 1 N–H and O–H groups in total. The van der Waals surface area contributed by atoms with Crippen molar-refractivity contribution in [2.45, 2.75) is 31.2 Å². The fourth-order valence-corrected chi connectivity index (χ4v) is 2.83. The molecular weight excluding hydrogens is 296 g/mol. The highest BCUT2D eigenvalue weighted by atomic mass is 32.2. The number of carbonyl (C=O) groups excluding carboxylic acids is 1. The number of morpholine rings is 1. The molecular formula is C17H26N2O2S. The third kappa shape index (κ3) is 5.63. The van der Waals surface area contributed by atoms with Crippen LogP contribution in [0.3, 0.4) is 0 Å². The Hall–Kier alpha value is -1.04. The molecule has 5 heteroatoms. The van der Waals surface area contributed by atoms with Gasteiger partial charge >= 0.3 is 0 Å². The summed E-state index contributed by atoms with van der Waals surface area (Å²) in [6.45, 7) is 5.93. The Labute approximate surface area is 137 Å². The molecule has 0 aliphatic carbocycles. The molecule has 0 unspecified atom stereocenters. The van der Waals surface area contributed by atoms with Crippen LogP contribution in [0.2, 0.25) is 0 Å². The summed E-state index contributed by atoms with van der Waals surface area (Å²) >= 11 is 1.82. The van der Waals surface area contributed by atoms with Crippen LogP contribution in [0.1, 0.15) is 18.9 Å². The number of hydrogen-bond acceptors (Lipinski definition) is 4. The minimum Gasteiger partial charge on any atom is -0.366 e. The lowest BCUT2D eigenvalue weighted by Gasteiger charge is -2.32. The molecule has 0 aromatic heterocycles. The Balaban J connectivity index is 1.76. The van der Waals surface area contributed by atoms with E-state index in [0.717, 1.165) is 26.1 Å². The van der Waals surface area contributed by atoms with Gasteiger partial charge in [0, 0.05) is 31.4 Å². The first kappa shape index (κ1) is 17.3. The summed E-state index contributed by atoms with van der Waals surface area (Å²) in [5.41, 5.74) is 1.28. The average molecular weight is 322 g/mol. The molecule has 1 saturated heterocycles. The van der Waals surface area contributed by atoms with Gasteiger partial charge in [0.25, 0.3) is 0 Å². The van der Waals surface area contributed by atoms with E-state index in [1.165, 1.54) is 5.56 Å². The van der Waals surface area contributed by atoms with Crippen LogP contribution in [0.15, 0.2) is 30.3 Å². The standard InChI is InChI=1S/C17H26N2O2S/c1-14(22-2)8-9-18-17(20)16-13-19(10-11-21-16)12-15-6-4-3-5-7-15/h3-7,14,16H,8-13H2,1-2H3,(H,18,20)/t14-,16+/m0/s1. The lowest BCUT2D eigenvalue weighted by molar-refractivity contribution is -0.138. The number of nitrogens with one attached hydrogen (secondary N) is 1. The summed E-state index contributed by atoms with van der Waals surface area (Å²) in [6, 6.07) is 10.4. The van der Waals surface area contributed by atoms with Crippen molar-refractivity contribution in [3.63, 3.8) is 0 Å². The third-order valence-corrected chi connectivity index (χ3v) is 4.98. The first-order chi connectivity index (χ1) is 10.7. The molecule has 1 aliphatic rings. The number of carbonyl (C=O) groups is 1. The number of nitrogens with zero attached hydrogens (tertiary/aromatic N) is 1. The number of hydrogen-bond donors (Lipinski definition) is 1. The molecule has 1 aromatic carbocycles. The molecule has 0 bridgehead atoms. The van der Waals surface area contributed by atoms with Gasteiger partial charge < -0.3 is 10.1 Å². The van der Waals surface area contributed by atoms with Crippen LogP contribution in [0.4, 0.5) is 0 Å². The second-order valence-corrected chi connectivity index (χ2v) is 6.98. The highest BCUT2D eigenvalue weighted by Gasteiger charge is 2.26. The fourth-order valence-electron chi connectivity index (χ4n) is 2.48. The van der Waals surface area contributed by atoms with Crippen molar-refractivity contribution >= 4 is 17.7 Å². The summed E-state index contributed by atoms with van der Waals surface area (Å²) < 4.78 is 5.63. The predicted molar refractivity (Wildman–Crippen MR) is 92.1 cm³/mol. The number of amides is 1. The van der Waals surface area contributed by atoms with Crippen LogP contribution in [0, 0.1) is 0 Å². The molecule has 2 atom stereocenters. The number of thioether (sulfide) groups is 1. The van der Waals surface area contributed by atoms with Crippen LogP contribution in [-0.2, 0) is 16.1 Å². The van der Waals surface area contributed by atoms with Crippen LogP contribution in [0.5, 0.6) is 0 Å². The first-order valence-corrected chi connectivity index (χ1v) is 9.16. The summed E-state index contributed by atoms with van der Waals surface area (Å²) in [6.07, 6.45) is 2.74. The summed E-state index contributed by atoms with van der Waals surface area (Å²) in [7, 11) is 0. The van der Waals surface area contributed by atoms with Gasteiger partial charge in [-0.3, -0.25) is 9.69 Å². The first-order valence-electron chi connectivity index (χ1n) is 7.87. The van der Waals surface area contributed by atoms with Gasteiger partial charge in [-0.2, -0.15) is 11.8 Å². The zero-order valence-corrected chi connectivity index (χ0v) is 14.3. The molecule has 2 rings (SSSR count). The van der Waals surface area contributed by atoms with E-state index in [0.29, 0.717) is 18.4 Å². The molecule has 1 aliphatic heterocycles. The minimum absolute atomic E-state index is 0.0195. The maximum Gasteiger partial charge on any atom is 0.250 e. The fraction of sp³-hybridized carbons (Fsp3) is 0.588. The van der Waals surface area contributed by atoms with E-state index in [1.54, 1.807) is 0 Å². The second-order valence-electron chi connectivity index (χ2n) is 5.71. The Kier molecular flexibility index (Phi) is 7.22. The zero-order valence-electron chi connectivity index (χ0n) is 13.5. The number of rotatable bonds is 7. The van der Waals surface area contributed by atoms with Gasteiger partial charge in [-0.25, -0.2) is 0 Å². The van der Waals surface area contributed by atoms with Crippen molar-refractivity contribution in [1.29, 1.82) is 0 Å². The highest BCUT2D eigenvalue weighted by Crippen LogP contribution is 2.11. The second kappa shape index (κ2) is 9.18. The molecule has 122 valence electrons. The zero-order chi connectivity index (χ0) is 15.8. The van der Waals surface area contributed by atoms with E-state index in [4.69, 9.17) is 4.74 Å². The van der Waals surface area contributed by atoms with Gasteiger partial charge in [-0.15, -0.1) is 0 Å². The molecule has 0 saturated carbocycles. The number of ether oxygens (including phenoxy) is 1. The molecule has 4 nitrogen and oxygen atoms in total. The summed E-state index contributed by atoms with van der Waals surface area (Å²) in [5, 5.41) is 3.57. The van der Waals surface area contributed by atoms with Crippen LogP contribution in [-0.4, -0.2) is 54.7 Å². The maximum atomic E-state index is 12.2. The van der Waals surface area contributed by atoms with Crippen molar-refractivity contribution in [1.82, 2.24) is 10.2 Å². The van der Waals surface area contributed by atoms with Gasteiger partial charge in [0.15, 0.2) is 0 Å². The largest absolute Gasteiger partial charge is 0.366 e. The van der Waals surface area contributed by atoms with Gasteiger partial charge in [-0.05, 0) is 18.2 Å². The van der Waals surface area contributed by atoms with Gasteiger partial charge in [-0.1, -0.05) is 37.3 Å². The average Bonchev–Trinajstić information content (AvgIpc) is 2.55. The molecule has 0 spiro atoms. The highest BCUT2D eigenvalue weighted by molar-refractivity contribution is 7.99. The van der Waals surface area contributed by atoms with E-state index in [-0.39, 0.29) is 12.0 Å². The Morgan fingerprint density at radius 2 is 2.23 bits per heavy atom. The van der Waals surface area contributed by atoms with E-state index in [9.17, 15) is 4.79 Å². The van der Waals surface area contributed by atoms with Crippen molar-refractivity contribution < 1.29 is 9.53 Å². The molecule has 0 radical (unpaired) electrons. The van der Waals surface area contributed by atoms with Crippen molar-refractivity contribution in [3.05, 3.63) is 35.9 Å². The normalized spacial score (nSPS) is 20.5. The Morgan fingerprint density at radius 3 is 2.95 bits per heavy atom. The van der Waals surface area contributed by atoms with Crippen LogP contribution >= 0.6 is 11.8 Å². The third-order valence-electron chi connectivity index (χ3n) is 3.94. The summed E-state index contributed by atoms with van der Waals surface area (Å²) in [4.78, 5) is 14.5. The maximum absolute atomic E-state index is 12.2. The molecule has 1 fully saturated rings. The van der Waals surface area contributed by atoms with Crippen LogP contribution in [0.25, 0.3) is 0 Å². The van der Waals surface area contributed by atoms with Crippen molar-refractivity contribution in [2.24, 2.45) is 0 Å². The lowest BCUT2D eigenvalue weighted by Crippen LogP contribution is -2.49. The van der Waals surface area contributed by atoms with E-state index >= 15 is 0 Å². The van der Waals surface area contributed by atoms with Gasteiger partial charge in [0.2, 0.25) is 5.91 Å². The quantitative estimate of drug-likeness (QED) is 0.835. The molecule has 1 aromatic rings. The Morgan fingerprint density at radius 1 is 1.45 bits per heavy atom. The monoisotopic (exact) mass is 322 g/mol. The Bertz CT molecular complexity index is 455. The van der Waals surface area contributed by atoms with Gasteiger partial charge in [0.05, 0.1) is 6.61 Å². The molecule has 1 amide bonds. The lowest BCUT2D eigenvalue weighted by atomic mass is 10.2. The van der Waals surface area contributed by atoms with E-state index in [2.05, 4.69) is 35.5 Å².